The van der Waals surface area contributed by atoms with E-state index in [1.54, 1.807) is 63.8 Å². The molecule has 5 rings (SSSR count). The third kappa shape index (κ3) is 7.45. The Kier molecular flexibility index (Phi) is 10.1. The number of benzene rings is 3. The normalized spacial score (nSPS) is 18.2. The van der Waals surface area contributed by atoms with E-state index in [1.165, 1.54) is 24.3 Å². The van der Waals surface area contributed by atoms with Gasteiger partial charge in [0.2, 0.25) is 5.91 Å². The number of H-pyrrole nitrogens is 1. The molecule has 1 aliphatic rings. The molecule has 1 saturated heterocycles. The van der Waals surface area contributed by atoms with E-state index in [0.717, 1.165) is 5.56 Å². The highest BCUT2D eigenvalue weighted by molar-refractivity contribution is 5.98. The number of nitrogens with zero attached hydrogens (tertiary/aromatic N) is 3. The number of rotatable bonds is 10. The average molecular weight is 652 g/mol. The smallest absolute Gasteiger partial charge is 0.307 e. The standard InChI is InChI=1S/C37H38FN5O5/c1-22-16-27(14-15-29(22)48-31-17-23(2)41-42-35(31)45)34(44)40-24(3)36(46)43-32(37(4,5)21-39)19-30(47-20-25-10-7-6-8-11-25)33(43)26-12-9-13-28(38)18-26/h6-18,24,30,32-33H,19-20H2,1-5H3,(H,40,44)(H,42,45)/t24?,30-,32-,33-/m1/s1. The van der Waals surface area contributed by atoms with Crippen LogP contribution < -0.4 is 15.6 Å². The number of likely N-dealkylation sites (tertiary alicyclic amines) is 1. The Morgan fingerprint density at radius 3 is 2.52 bits per heavy atom. The van der Waals surface area contributed by atoms with Gasteiger partial charge < -0.3 is 19.7 Å². The topological polar surface area (TPSA) is 137 Å². The Morgan fingerprint density at radius 2 is 1.83 bits per heavy atom. The van der Waals surface area contributed by atoms with Gasteiger partial charge in [-0.1, -0.05) is 42.5 Å². The molecular weight excluding hydrogens is 613 g/mol. The summed E-state index contributed by atoms with van der Waals surface area (Å²) in [5.41, 5.74) is 1.44. The number of hydrogen-bond acceptors (Lipinski definition) is 7. The SMILES string of the molecule is Cc1cc(Oc2ccc(C(=O)NC(C)C(=O)N3[C@H](c4cccc(F)c4)[C@H](OCc4ccccc4)C[C@@H]3C(C)(C)C#N)cc2C)c(=O)[nH]n1. The van der Waals surface area contributed by atoms with Gasteiger partial charge in [-0.3, -0.25) is 14.4 Å². The minimum Gasteiger partial charge on any atom is -0.451 e. The van der Waals surface area contributed by atoms with Crippen molar-refractivity contribution in [2.45, 2.75) is 71.9 Å². The number of aromatic amines is 1. The van der Waals surface area contributed by atoms with Gasteiger partial charge in [-0.15, -0.1) is 0 Å². The van der Waals surface area contributed by atoms with E-state index in [1.807, 2.05) is 30.3 Å². The van der Waals surface area contributed by atoms with Crippen molar-refractivity contribution in [2.24, 2.45) is 5.41 Å². The fourth-order valence-electron chi connectivity index (χ4n) is 5.99. The fourth-order valence-corrected chi connectivity index (χ4v) is 5.99. The second kappa shape index (κ2) is 14.2. The van der Waals surface area contributed by atoms with Gasteiger partial charge in [0, 0.05) is 11.6 Å². The average Bonchev–Trinajstić information content (AvgIpc) is 3.46. The first-order valence-corrected chi connectivity index (χ1v) is 15.7. The first-order valence-electron chi connectivity index (χ1n) is 15.7. The van der Waals surface area contributed by atoms with Crippen molar-refractivity contribution in [2.75, 3.05) is 0 Å². The summed E-state index contributed by atoms with van der Waals surface area (Å²) in [7, 11) is 0. The summed E-state index contributed by atoms with van der Waals surface area (Å²) in [4.78, 5) is 41.5. The predicted octanol–water partition coefficient (Wildman–Crippen LogP) is 5.91. The molecule has 0 aliphatic carbocycles. The molecule has 1 aliphatic heterocycles. The van der Waals surface area contributed by atoms with Crippen LogP contribution in [-0.4, -0.2) is 45.1 Å². The van der Waals surface area contributed by atoms with E-state index in [-0.39, 0.29) is 17.9 Å². The highest BCUT2D eigenvalue weighted by Crippen LogP contribution is 2.45. The summed E-state index contributed by atoms with van der Waals surface area (Å²) in [6.07, 6.45) is -0.218. The Morgan fingerprint density at radius 1 is 1.08 bits per heavy atom. The molecule has 0 spiro atoms. The number of aromatic nitrogens is 2. The summed E-state index contributed by atoms with van der Waals surface area (Å²) < 4.78 is 26.8. The van der Waals surface area contributed by atoms with E-state index >= 15 is 0 Å². The number of carbonyl (C=O) groups is 2. The van der Waals surface area contributed by atoms with E-state index in [0.29, 0.717) is 29.0 Å². The van der Waals surface area contributed by atoms with Gasteiger partial charge in [0.05, 0.1) is 42.0 Å². The molecule has 1 unspecified atom stereocenters. The predicted molar refractivity (Wildman–Crippen MR) is 177 cm³/mol. The molecule has 1 aromatic heterocycles. The zero-order valence-corrected chi connectivity index (χ0v) is 27.5. The van der Waals surface area contributed by atoms with Gasteiger partial charge in [0.25, 0.3) is 5.91 Å². The van der Waals surface area contributed by atoms with Gasteiger partial charge in [-0.2, -0.15) is 10.4 Å². The number of amides is 2. The van der Waals surface area contributed by atoms with Crippen molar-refractivity contribution in [1.29, 1.82) is 5.26 Å². The molecule has 4 atom stereocenters. The third-order valence-corrected chi connectivity index (χ3v) is 8.59. The van der Waals surface area contributed by atoms with Crippen LogP contribution in [0, 0.1) is 36.4 Å². The van der Waals surface area contributed by atoms with Crippen LogP contribution in [0.15, 0.2) is 83.7 Å². The molecule has 11 heteroatoms. The van der Waals surface area contributed by atoms with E-state index in [4.69, 9.17) is 9.47 Å². The highest BCUT2D eigenvalue weighted by Gasteiger charge is 2.52. The van der Waals surface area contributed by atoms with Crippen LogP contribution in [0.1, 0.15) is 66.0 Å². The molecule has 248 valence electrons. The number of ether oxygens (including phenoxy) is 2. The third-order valence-electron chi connectivity index (χ3n) is 8.59. The fraction of sp³-hybridized carbons (Fsp3) is 0.324. The van der Waals surface area contributed by atoms with Crippen molar-refractivity contribution in [3.05, 3.63) is 123 Å². The first-order chi connectivity index (χ1) is 22.9. The maximum Gasteiger partial charge on any atom is 0.307 e. The Balaban J connectivity index is 1.40. The molecule has 10 nitrogen and oxygen atoms in total. The minimum absolute atomic E-state index is 0.0707. The summed E-state index contributed by atoms with van der Waals surface area (Å²) in [5, 5.41) is 19.2. The second-order valence-electron chi connectivity index (χ2n) is 12.6. The summed E-state index contributed by atoms with van der Waals surface area (Å²) in [6.45, 7) is 8.82. The van der Waals surface area contributed by atoms with Crippen LogP contribution in [0.25, 0.3) is 0 Å². The molecule has 0 saturated carbocycles. The lowest BCUT2D eigenvalue weighted by Gasteiger charge is -2.38. The number of nitriles is 1. The Labute approximate surface area is 278 Å². The van der Waals surface area contributed by atoms with E-state index in [9.17, 15) is 24.0 Å². The lowest BCUT2D eigenvalue weighted by molar-refractivity contribution is -0.138. The lowest BCUT2D eigenvalue weighted by Crippen LogP contribution is -2.52. The molecule has 1 fully saturated rings. The molecule has 3 aromatic carbocycles. The molecule has 0 radical (unpaired) electrons. The van der Waals surface area contributed by atoms with Crippen molar-refractivity contribution < 1.29 is 23.5 Å². The largest absolute Gasteiger partial charge is 0.451 e. The Bertz CT molecular complexity index is 1900. The maximum absolute atomic E-state index is 14.6. The summed E-state index contributed by atoms with van der Waals surface area (Å²) >= 11 is 0. The van der Waals surface area contributed by atoms with Gasteiger partial charge in [-0.25, -0.2) is 9.49 Å². The minimum atomic E-state index is -1.01. The summed E-state index contributed by atoms with van der Waals surface area (Å²) in [6, 6.07) is 21.9. The van der Waals surface area contributed by atoms with Crippen molar-refractivity contribution in [1.82, 2.24) is 20.4 Å². The van der Waals surface area contributed by atoms with E-state index < -0.39 is 52.8 Å². The van der Waals surface area contributed by atoms with Crippen molar-refractivity contribution >= 4 is 11.8 Å². The first kappa shape index (κ1) is 34.0. The summed E-state index contributed by atoms with van der Waals surface area (Å²) in [5.74, 6) is -0.943. The van der Waals surface area contributed by atoms with Gasteiger partial charge in [-0.05, 0) is 88.1 Å². The Hall–Kier alpha value is -5.34. The number of hydrogen-bond donors (Lipinski definition) is 2. The van der Waals surface area contributed by atoms with Crippen LogP contribution in [0.5, 0.6) is 11.5 Å². The molecular formula is C37H38FN5O5. The van der Waals surface area contributed by atoms with Crippen molar-refractivity contribution in [3.8, 4) is 17.6 Å². The van der Waals surface area contributed by atoms with Crippen LogP contribution in [-0.2, 0) is 16.1 Å². The molecule has 2 heterocycles. The number of carbonyl (C=O) groups excluding carboxylic acids is 2. The molecule has 2 amide bonds. The van der Waals surface area contributed by atoms with Crippen LogP contribution in [0.3, 0.4) is 0 Å². The van der Waals surface area contributed by atoms with Crippen molar-refractivity contribution in [3.63, 3.8) is 0 Å². The zero-order chi connectivity index (χ0) is 34.6. The maximum atomic E-state index is 14.6. The van der Waals surface area contributed by atoms with Gasteiger partial charge in [0.15, 0.2) is 5.75 Å². The number of nitrogens with one attached hydrogen (secondary N) is 2. The van der Waals surface area contributed by atoms with Crippen LogP contribution >= 0.6 is 0 Å². The monoisotopic (exact) mass is 651 g/mol. The molecule has 0 bridgehead atoms. The lowest BCUT2D eigenvalue weighted by atomic mass is 9.84. The van der Waals surface area contributed by atoms with Crippen LogP contribution in [0.4, 0.5) is 4.39 Å². The molecule has 2 N–H and O–H groups in total. The molecule has 4 aromatic rings. The zero-order valence-electron chi connectivity index (χ0n) is 27.5. The highest BCUT2D eigenvalue weighted by atomic mass is 19.1. The number of halogens is 1. The van der Waals surface area contributed by atoms with Crippen LogP contribution in [0.2, 0.25) is 0 Å². The molecule has 48 heavy (non-hydrogen) atoms. The quantitative estimate of drug-likeness (QED) is 0.217. The second-order valence-corrected chi connectivity index (χ2v) is 12.6. The van der Waals surface area contributed by atoms with Gasteiger partial charge >= 0.3 is 5.56 Å². The van der Waals surface area contributed by atoms with E-state index in [2.05, 4.69) is 21.6 Å². The van der Waals surface area contributed by atoms with Gasteiger partial charge in [0.1, 0.15) is 17.6 Å². The number of aryl methyl sites for hydroxylation is 2.